The summed E-state index contributed by atoms with van der Waals surface area (Å²) in [6.07, 6.45) is 4.11. The summed E-state index contributed by atoms with van der Waals surface area (Å²) < 4.78 is 0. The summed E-state index contributed by atoms with van der Waals surface area (Å²) in [5, 5.41) is 0. The molecular weight excluding hydrogens is 182 g/mol. The first-order valence-electron chi connectivity index (χ1n) is 5.38. The van der Waals surface area contributed by atoms with E-state index in [1.54, 1.807) is 0 Å². The third kappa shape index (κ3) is 2.17. The molecule has 0 radical (unpaired) electrons. The lowest BCUT2D eigenvalue weighted by Gasteiger charge is -2.19. The number of benzene rings is 1. The fourth-order valence-electron chi connectivity index (χ4n) is 1.71. The van der Waals surface area contributed by atoms with Gasteiger partial charge in [0.1, 0.15) is 0 Å². The van der Waals surface area contributed by atoms with E-state index in [1.165, 1.54) is 16.7 Å². The molecule has 0 amide bonds. The van der Waals surface area contributed by atoms with Crippen LogP contribution in [0.3, 0.4) is 0 Å². The van der Waals surface area contributed by atoms with E-state index < -0.39 is 0 Å². The van der Waals surface area contributed by atoms with E-state index in [9.17, 15) is 0 Å². The van der Waals surface area contributed by atoms with Crippen LogP contribution in [0.25, 0.3) is 5.57 Å². The molecule has 0 atom stereocenters. The number of allylic oxidation sites excluding steroid dienone is 1. The van der Waals surface area contributed by atoms with Crippen molar-refractivity contribution in [2.45, 2.75) is 26.2 Å². The van der Waals surface area contributed by atoms with E-state index in [0.29, 0.717) is 0 Å². The van der Waals surface area contributed by atoms with Crippen LogP contribution in [0, 0.1) is 0 Å². The van der Waals surface area contributed by atoms with Crippen molar-refractivity contribution in [1.82, 2.24) is 0 Å². The Hall–Kier alpha value is -1.37. The quantitative estimate of drug-likeness (QED) is 0.657. The second-order valence-corrected chi connectivity index (χ2v) is 4.98. The molecule has 1 nitrogen and oxygen atoms in total. The monoisotopic (exact) mass is 199 g/mol. The lowest BCUT2D eigenvalue weighted by atomic mass is 9.86. The van der Waals surface area contributed by atoms with Crippen molar-refractivity contribution < 1.29 is 0 Å². The van der Waals surface area contributed by atoms with E-state index >= 15 is 0 Å². The van der Waals surface area contributed by atoms with Crippen molar-refractivity contribution in [3.63, 3.8) is 0 Å². The van der Waals surface area contributed by atoms with Gasteiger partial charge in [-0.15, -0.1) is 0 Å². The average Bonchev–Trinajstić information content (AvgIpc) is 2.69. The molecule has 2 rings (SSSR count). The van der Waals surface area contributed by atoms with Gasteiger partial charge in [-0.2, -0.15) is 0 Å². The summed E-state index contributed by atoms with van der Waals surface area (Å²) in [7, 11) is 0. The summed E-state index contributed by atoms with van der Waals surface area (Å²) in [5.74, 6) is 0. The number of hydrogen-bond donors (Lipinski definition) is 0. The molecule has 1 aromatic rings. The van der Waals surface area contributed by atoms with Crippen molar-refractivity contribution in [2.75, 3.05) is 6.54 Å². The van der Waals surface area contributed by atoms with Gasteiger partial charge in [0.15, 0.2) is 0 Å². The molecule has 1 aliphatic rings. The third-order valence-electron chi connectivity index (χ3n) is 2.73. The first-order valence-corrected chi connectivity index (χ1v) is 5.38. The first-order chi connectivity index (χ1) is 7.07. The third-order valence-corrected chi connectivity index (χ3v) is 2.73. The zero-order valence-electron chi connectivity index (χ0n) is 9.62. The Morgan fingerprint density at radius 3 is 2.20 bits per heavy atom. The molecule has 0 saturated heterocycles. The largest absolute Gasteiger partial charge is 0.288 e. The predicted molar refractivity (Wildman–Crippen MR) is 66.5 cm³/mol. The first kappa shape index (κ1) is 10.2. The van der Waals surface area contributed by atoms with Crippen LogP contribution in [0.2, 0.25) is 0 Å². The van der Waals surface area contributed by atoms with Crippen LogP contribution in [0.4, 0.5) is 0 Å². The van der Waals surface area contributed by atoms with Crippen molar-refractivity contribution in [2.24, 2.45) is 4.99 Å². The van der Waals surface area contributed by atoms with Gasteiger partial charge in [-0.25, -0.2) is 0 Å². The van der Waals surface area contributed by atoms with Crippen molar-refractivity contribution in [3.05, 3.63) is 41.5 Å². The maximum absolute atomic E-state index is 4.19. The summed E-state index contributed by atoms with van der Waals surface area (Å²) >= 11 is 0. The van der Waals surface area contributed by atoms with Gasteiger partial charge in [0.2, 0.25) is 0 Å². The van der Waals surface area contributed by atoms with Gasteiger partial charge in [-0.3, -0.25) is 4.99 Å². The van der Waals surface area contributed by atoms with Crippen LogP contribution in [-0.2, 0) is 5.41 Å². The number of aliphatic imine (C=N–C) groups is 1. The van der Waals surface area contributed by atoms with Gasteiger partial charge < -0.3 is 0 Å². The molecule has 0 spiro atoms. The minimum Gasteiger partial charge on any atom is -0.288 e. The summed E-state index contributed by atoms with van der Waals surface area (Å²) in [4.78, 5) is 4.19. The normalized spacial score (nSPS) is 15.5. The molecule has 0 aromatic heterocycles. The molecule has 1 heterocycles. The van der Waals surface area contributed by atoms with Gasteiger partial charge in [-0.1, -0.05) is 51.1 Å². The predicted octanol–water partition coefficient (Wildman–Crippen LogP) is 3.45. The highest BCUT2D eigenvalue weighted by Crippen LogP contribution is 2.24. The van der Waals surface area contributed by atoms with Gasteiger partial charge in [0.05, 0.1) is 6.54 Å². The van der Waals surface area contributed by atoms with E-state index in [1.807, 2.05) is 6.21 Å². The second kappa shape index (κ2) is 3.65. The maximum Gasteiger partial charge on any atom is 0.0580 e. The molecule has 0 unspecified atom stereocenters. The second-order valence-electron chi connectivity index (χ2n) is 4.98. The Morgan fingerprint density at radius 2 is 1.73 bits per heavy atom. The van der Waals surface area contributed by atoms with Crippen LogP contribution in [-0.4, -0.2) is 12.8 Å². The Labute approximate surface area is 91.6 Å². The Balaban J connectivity index is 2.28. The molecule has 1 heteroatoms. The van der Waals surface area contributed by atoms with Crippen LogP contribution in [0.5, 0.6) is 0 Å². The van der Waals surface area contributed by atoms with E-state index in [4.69, 9.17) is 0 Å². The molecular formula is C14H17N. The lowest BCUT2D eigenvalue weighted by Crippen LogP contribution is -2.10. The van der Waals surface area contributed by atoms with Crippen LogP contribution in [0.15, 0.2) is 35.3 Å². The highest BCUT2D eigenvalue weighted by atomic mass is 14.7. The molecule has 1 aromatic carbocycles. The maximum atomic E-state index is 4.19. The number of hydrogen-bond acceptors (Lipinski definition) is 1. The molecule has 78 valence electrons. The van der Waals surface area contributed by atoms with Gasteiger partial charge in [0, 0.05) is 6.21 Å². The minimum atomic E-state index is 0.233. The van der Waals surface area contributed by atoms with Gasteiger partial charge >= 0.3 is 0 Å². The fraction of sp³-hybridized carbons (Fsp3) is 0.357. The molecule has 1 aliphatic heterocycles. The Morgan fingerprint density at radius 1 is 1.07 bits per heavy atom. The smallest absolute Gasteiger partial charge is 0.0580 e. The van der Waals surface area contributed by atoms with E-state index in [2.05, 4.69) is 56.1 Å². The van der Waals surface area contributed by atoms with Crippen molar-refractivity contribution >= 4 is 11.8 Å². The van der Waals surface area contributed by atoms with Crippen molar-refractivity contribution in [3.8, 4) is 0 Å². The highest BCUT2D eigenvalue weighted by molar-refractivity contribution is 6.11. The molecule has 0 aliphatic carbocycles. The molecule has 15 heavy (non-hydrogen) atoms. The minimum absolute atomic E-state index is 0.233. The van der Waals surface area contributed by atoms with Crippen LogP contribution < -0.4 is 0 Å². The average molecular weight is 199 g/mol. The summed E-state index contributed by atoms with van der Waals surface area (Å²) in [6.45, 7) is 7.53. The zero-order chi connectivity index (χ0) is 10.9. The van der Waals surface area contributed by atoms with Crippen LogP contribution in [0.1, 0.15) is 31.9 Å². The SMILES string of the molecule is CC(C)(C)c1ccc(C2=CCN=C2)cc1. The van der Waals surface area contributed by atoms with Gasteiger partial charge in [-0.05, 0) is 22.1 Å². The zero-order valence-corrected chi connectivity index (χ0v) is 9.62. The number of nitrogens with zero attached hydrogens (tertiary/aromatic N) is 1. The van der Waals surface area contributed by atoms with E-state index in [-0.39, 0.29) is 5.41 Å². The molecule has 0 saturated carbocycles. The Kier molecular flexibility index (Phi) is 2.47. The lowest BCUT2D eigenvalue weighted by molar-refractivity contribution is 0.590. The Bertz CT molecular complexity index is 402. The van der Waals surface area contributed by atoms with Crippen molar-refractivity contribution in [1.29, 1.82) is 0 Å². The number of rotatable bonds is 1. The fourth-order valence-corrected chi connectivity index (χ4v) is 1.71. The topological polar surface area (TPSA) is 12.4 Å². The molecule has 0 N–H and O–H groups in total. The highest BCUT2D eigenvalue weighted by Gasteiger charge is 2.13. The van der Waals surface area contributed by atoms with Crippen LogP contribution >= 0.6 is 0 Å². The molecule has 0 bridgehead atoms. The summed E-state index contributed by atoms with van der Waals surface area (Å²) in [5.41, 5.74) is 4.12. The van der Waals surface area contributed by atoms with E-state index in [0.717, 1.165) is 6.54 Å². The standard InChI is InChI=1S/C14H17N/c1-14(2,3)13-6-4-11(5-7-13)12-8-9-15-10-12/h4-8,10H,9H2,1-3H3. The van der Waals surface area contributed by atoms with Gasteiger partial charge in [0.25, 0.3) is 0 Å². The molecule has 0 fully saturated rings. The summed E-state index contributed by atoms with van der Waals surface area (Å²) in [6, 6.07) is 8.79.